The van der Waals surface area contributed by atoms with Crippen LogP contribution in [0.5, 0.6) is 0 Å². The first-order valence-corrected chi connectivity index (χ1v) is 10.7. The van der Waals surface area contributed by atoms with E-state index in [0.29, 0.717) is 49.0 Å². The number of benzene rings is 1. The first-order chi connectivity index (χ1) is 14.8. The van der Waals surface area contributed by atoms with E-state index in [9.17, 15) is 14.0 Å². The van der Waals surface area contributed by atoms with Crippen molar-refractivity contribution in [2.45, 2.75) is 58.9 Å². The third-order valence-corrected chi connectivity index (χ3v) is 5.59. The number of carbonyl (C=O) groups is 2. The van der Waals surface area contributed by atoms with Gasteiger partial charge in [0.05, 0.1) is 0 Å². The number of carbonyl (C=O) groups excluding carboxylic acids is 2. The molecule has 1 N–H and O–H groups in total. The highest BCUT2D eigenvalue weighted by molar-refractivity contribution is 5.90. The second kappa shape index (κ2) is 9.89. The number of halogens is 1. The van der Waals surface area contributed by atoms with E-state index in [1.54, 1.807) is 28.9 Å². The Morgan fingerprint density at radius 1 is 1.39 bits per heavy atom. The Hall–Kier alpha value is -2.97. The Morgan fingerprint density at radius 3 is 2.84 bits per heavy atom. The Balaban J connectivity index is 1.62. The van der Waals surface area contributed by atoms with E-state index >= 15 is 0 Å². The Bertz CT molecular complexity index is 930. The maximum Gasteiger partial charge on any atom is 0.321 e. The lowest BCUT2D eigenvalue weighted by Crippen LogP contribution is -2.52. The van der Waals surface area contributed by atoms with Crippen molar-refractivity contribution in [2.24, 2.45) is 0 Å². The van der Waals surface area contributed by atoms with Crippen LogP contribution in [0.4, 0.5) is 14.9 Å². The Kier molecular flexibility index (Phi) is 7.25. The van der Waals surface area contributed by atoms with Gasteiger partial charge in [-0.05, 0) is 31.9 Å². The Morgan fingerprint density at radius 2 is 2.16 bits per heavy atom. The number of aromatic nitrogens is 2. The smallest absolute Gasteiger partial charge is 0.321 e. The average Bonchev–Trinajstić information content (AvgIpc) is 3.21. The van der Waals surface area contributed by atoms with Crippen LogP contribution < -0.4 is 5.32 Å². The van der Waals surface area contributed by atoms with E-state index in [1.807, 2.05) is 13.8 Å². The molecule has 0 bridgehead atoms. The molecule has 2 aromatic rings. The number of nitrogens with zero attached hydrogens (tertiary/aromatic N) is 4. The highest BCUT2D eigenvalue weighted by Gasteiger charge is 2.29. The van der Waals surface area contributed by atoms with Gasteiger partial charge >= 0.3 is 6.03 Å². The van der Waals surface area contributed by atoms with Gasteiger partial charge in [-0.3, -0.25) is 4.79 Å². The molecule has 1 aromatic heterocycles. The van der Waals surface area contributed by atoms with Crippen LogP contribution in [0.25, 0.3) is 0 Å². The molecule has 1 aliphatic rings. The van der Waals surface area contributed by atoms with E-state index in [-0.39, 0.29) is 29.7 Å². The molecule has 0 saturated carbocycles. The number of amides is 3. The van der Waals surface area contributed by atoms with Crippen LogP contribution in [0.3, 0.4) is 0 Å². The maximum atomic E-state index is 13.8. The van der Waals surface area contributed by atoms with Crippen molar-refractivity contribution in [3.05, 3.63) is 41.3 Å². The van der Waals surface area contributed by atoms with Crippen molar-refractivity contribution < 1.29 is 18.5 Å². The van der Waals surface area contributed by atoms with Crippen LogP contribution in [0.2, 0.25) is 0 Å². The summed E-state index contributed by atoms with van der Waals surface area (Å²) in [6.07, 6.45) is 2.08. The van der Waals surface area contributed by atoms with Gasteiger partial charge in [0.2, 0.25) is 11.8 Å². The molecule has 1 fully saturated rings. The van der Waals surface area contributed by atoms with Crippen molar-refractivity contribution in [2.75, 3.05) is 25.0 Å². The predicted molar refractivity (Wildman–Crippen MR) is 114 cm³/mol. The van der Waals surface area contributed by atoms with E-state index in [1.165, 1.54) is 13.0 Å². The summed E-state index contributed by atoms with van der Waals surface area (Å²) in [7, 11) is 0. The molecule has 1 saturated heterocycles. The van der Waals surface area contributed by atoms with Crippen LogP contribution in [0.1, 0.15) is 56.8 Å². The zero-order valence-electron chi connectivity index (χ0n) is 18.5. The molecule has 0 aliphatic carbocycles. The number of anilines is 1. The van der Waals surface area contributed by atoms with Gasteiger partial charge in [-0.25, -0.2) is 9.18 Å². The molecule has 9 heteroatoms. The molecule has 31 heavy (non-hydrogen) atoms. The molecule has 168 valence electrons. The van der Waals surface area contributed by atoms with E-state index < -0.39 is 0 Å². The average molecular weight is 432 g/mol. The second-order valence-electron chi connectivity index (χ2n) is 8.25. The fourth-order valence-electron chi connectivity index (χ4n) is 3.75. The third kappa shape index (κ3) is 5.59. The summed E-state index contributed by atoms with van der Waals surface area (Å²) < 4.78 is 19.0. The van der Waals surface area contributed by atoms with Crippen molar-refractivity contribution in [1.82, 2.24) is 19.9 Å². The highest BCUT2D eigenvalue weighted by Crippen LogP contribution is 2.21. The SMILES string of the molecule is CC(=O)N(CCc1noc(C(C)C)n1)C1CCCN(C(=O)Nc2cccc(F)c2C)C1. The van der Waals surface area contributed by atoms with Gasteiger partial charge in [-0.2, -0.15) is 4.98 Å². The second-order valence-corrected chi connectivity index (χ2v) is 8.25. The van der Waals surface area contributed by atoms with Crippen LogP contribution in [0, 0.1) is 12.7 Å². The molecular formula is C22H30FN5O3. The van der Waals surface area contributed by atoms with E-state index in [2.05, 4.69) is 15.5 Å². The molecule has 3 rings (SSSR count). The minimum atomic E-state index is -0.362. The monoisotopic (exact) mass is 431 g/mol. The van der Waals surface area contributed by atoms with Crippen molar-refractivity contribution in [1.29, 1.82) is 0 Å². The van der Waals surface area contributed by atoms with Crippen LogP contribution >= 0.6 is 0 Å². The lowest BCUT2D eigenvalue weighted by Gasteiger charge is -2.39. The van der Waals surface area contributed by atoms with Crippen LogP contribution in [0.15, 0.2) is 22.7 Å². The molecule has 0 spiro atoms. The summed E-state index contributed by atoms with van der Waals surface area (Å²) in [5.74, 6) is 0.886. The van der Waals surface area contributed by atoms with Gasteiger partial charge in [0, 0.05) is 56.2 Å². The maximum absolute atomic E-state index is 13.8. The molecular weight excluding hydrogens is 401 g/mol. The molecule has 8 nitrogen and oxygen atoms in total. The summed E-state index contributed by atoms with van der Waals surface area (Å²) in [4.78, 5) is 32.9. The highest BCUT2D eigenvalue weighted by atomic mass is 19.1. The number of urea groups is 1. The molecule has 3 amide bonds. The third-order valence-electron chi connectivity index (χ3n) is 5.59. The lowest BCUT2D eigenvalue weighted by molar-refractivity contribution is -0.132. The molecule has 2 heterocycles. The predicted octanol–water partition coefficient (Wildman–Crippen LogP) is 3.73. The molecule has 1 aliphatic heterocycles. The van der Waals surface area contributed by atoms with Gasteiger partial charge in [0.15, 0.2) is 5.82 Å². The summed E-state index contributed by atoms with van der Waals surface area (Å²) in [5.41, 5.74) is 0.851. The normalized spacial score (nSPS) is 16.5. The van der Waals surface area contributed by atoms with Crippen molar-refractivity contribution in [3.8, 4) is 0 Å². The topological polar surface area (TPSA) is 91.6 Å². The minimum absolute atomic E-state index is 0.0548. The van der Waals surface area contributed by atoms with Crippen molar-refractivity contribution in [3.63, 3.8) is 0 Å². The van der Waals surface area contributed by atoms with Gasteiger partial charge in [-0.15, -0.1) is 0 Å². The number of nitrogens with one attached hydrogen (secondary N) is 1. The fourth-order valence-corrected chi connectivity index (χ4v) is 3.75. The quantitative estimate of drug-likeness (QED) is 0.753. The number of likely N-dealkylation sites (tertiary alicyclic amines) is 1. The number of hydrogen-bond donors (Lipinski definition) is 1. The summed E-state index contributed by atoms with van der Waals surface area (Å²) >= 11 is 0. The molecule has 1 unspecified atom stereocenters. The first-order valence-electron chi connectivity index (χ1n) is 10.7. The summed E-state index contributed by atoms with van der Waals surface area (Å²) in [6.45, 7) is 8.58. The summed E-state index contributed by atoms with van der Waals surface area (Å²) in [6, 6.07) is 4.22. The van der Waals surface area contributed by atoms with Crippen LogP contribution in [-0.2, 0) is 11.2 Å². The molecule has 0 radical (unpaired) electrons. The van der Waals surface area contributed by atoms with Gasteiger partial charge < -0.3 is 19.6 Å². The van der Waals surface area contributed by atoms with E-state index in [0.717, 1.165) is 12.8 Å². The van der Waals surface area contributed by atoms with E-state index in [4.69, 9.17) is 4.52 Å². The first kappa shape index (κ1) is 22.7. The van der Waals surface area contributed by atoms with Gasteiger partial charge in [-0.1, -0.05) is 25.1 Å². The minimum Gasteiger partial charge on any atom is -0.339 e. The van der Waals surface area contributed by atoms with Gasteiger partial charge in [0.1, 0.15) is 5.82 Å². The number of piperidine rings is 1. The summed E-state index contributed by atoms with van der Waals surface area (Å²) in [5, 5.41) is 6.78. The fraction of sp³-hybridized carbons (Fsp3) is 0.545. The molecule has 1 atom stereocenters. The van der Waals surface area contributed by atoms with Crippen molar-refractivity contribution >= 4 is 17.6 Å². The standard InChI is InChI=1S/C22H30FN5O3/c1-14(2)21-25-20(26-31-21)10-12-28(16(4)29)17-7-6-11-27(13-17)22(30)24-19-9-5-8-18(23)15(19)3/h5,8-9,14,17H,6-7,10-13H2,1-4H3,(H,24,30). The Labute approximate surface area is 181 Å². The van der Waals surface area contributed by atoms with Crippen LogP contribution in [-0.4, -0.2) is 57.6 Å². The van der Waals surface area contributed by atoms with Gasteiger partial charge in [0.25, 0.3) is 0 Å². The zero-order valence-corrected chi connectivity index (χ0v) is 18.5. The molecule has 1 aromatic carbocycles. The zero-order chi connectivity index (χ0) is 22.5. The lowest BCUT2D eigenvalue weighted by atomic mass is 10.0. The number of rotatable bonds is 6. The number of hydrogen-bond acceptors (Lipinski definition) is 5. The largest absolute Gasteiger partial charge is 0.339 e.